The molecule has 94 valence electrons. The lowest BCUT2D eigenvalue weighted by molar-refractivity contribution is -0.186. The lowest BCUT2D eigenvalue weighted by atomic mass is 9.97. The normalized spacial score (nSPS) is 30.4. The van der Waals surface area contributed by atoms with Crippen molar-refractivity contribution in [3.63, 3.8) is 0 Å². The minimum Gasteiger partial charge on any atom is -0.326 e. The van der Waals surface area contributed by atoms with E-state index < -0.39 is 12.1 Å². The minimum absolute atomic E-state index is 0.0759. The van der Waals surface area contributed by atoms with E-state index in [4.69, 9.17) is 5.73 Å². The topological polar surface area (TPSA) is 29.3 Å². The molecule has 2 fully saturated rings. The third kappa shape index (κ3) is 3.10. The molecule has 2 rings (SSSR count). The summed E-state index contributed by atoms with van der Waals surface area (Å²) in [5.41, 5.74) is 5.94. The molecule has 0 aromatic rings. The van der Waals surface area contributed by atoms with E-state index in [2.05, 4.69) is 0 Å². The van der Waals surface area contributed by atoms with Crippen molar-refractivity contribution in [1.82, 2.24) is 4.90 Å². The zero-order valence-electron chi connectivity index (χ0n) is 9.34. The van der Waals surface area contributed by atoms with Crippen molar-refractivity contribution >= 4 is 0 Å². The minimum atomic E-state index is -4.04. The van der Waals surface area contributed by atoms with Crippen molar-refractivity contribution in [1.29, 1.82) is 0 Å². The number of likely N-dealkylation sites (tertiary alicyclic amines) is 1. The smallest absolute Gasteiger partial charge is 0.326 e. The highest BCUT2D eigenvalue weighted by Gasteiger charge is 2.42. The van der Waals surface area contributed by atoms with Gasteiger partial charge in [-0.05, 0) is 38.1 Å². The van der Waals surface area contributed by atoms with Crippen molar-refractivity contribution in [3.05, 3.63) is 0 Å². The van der Waals surface area contributed by atoms with Crippen LogP contribution in [0.15, 0.2) is 0 Å². The lowest BCUT2D eigenvalue weighted by Crippen LogP contribution is -2.46. The van der Waals surface area contributed by atoms with Gasteiger partial charge in [0, 0.05) is 19.1 Å². The Balaban J connectivity index is 1.81. The molecule has 0 amide bonds. The predicted molar refractivity (Wildman–Crippen MR) is 55.9 cm³/mol. The quantitative estimate of drug-likeness (QED) is 0.812. The standard InChI is InChI=1S/C11H19F3N2/c12-11(13,14)9-2-1-5-16(6-9)7-10(15)8-3-4-8/h8-10H,1-7,15H2. The third-order valence-electron chi connectivity index (χ3n) is 3.66. The predicted octanol–water partition coefficient (Wildman–Crippen LogP) is 2.00. The molecule has 0 spiro atoms. The van der Waals surface area contributed by atoms with Gasteiger partial charge in [0.1, 0.15) is 0 Å². The van der Waals surface area contributed by atoms with Crippen LogP contribution in [-0.4, -0.2) is 36.8 Å². The first kappa shape index (κ1) is 12.2. The summed E-state index contributed by atoms with van der Waals surface area (Å²) in [5.74, 6) is -0.584. The molecule has 0 radical (unpaired) electrons. The van der Waals surface area contributed by atoms with Crippen LogP contribution in [0.4, 0.5) is 13.2 Å². The van der Waals surface area contributed by atoms with Crippen molar-refractivity contribution in [2.45, 2.75) is 37.9 Å². The van der Waals surface area contributed by atoms with Gasteiger partial charge in [-0.2, -0.15) is 13.2 Å². The molecule has 2 nitrogen and oxygen atoms in total. The summed E-state index contributed by atoms with van der Waals surface area (Å²) in [7, 11) is 0. The second kappa shape index (κ2) is 4.53. The lowest BCUT2D eigenvalue weighted by Gasteiger charge is -2.35. The van der Waals surface area contributed by atoms with Gasteiger partial charge >= 0.3 is 6.18 Å². The maximum Gasteiger partial charge on any atom is 0.393 e. The summed E-state index contributed by atoms with van der Waals surface area (Å²) in [5, 5.41) is 0. The number of hydrogen-bond donors (Lipinski definition) is 1. The molecular weight excluding hydrogens is 217 g/mol. The number of halogens is 3. The highest BCUT2D eigenvalue weighted by molar-refractivity contribution is 4.88. The Morgan fingerprint density at radius 2 is 1.94 bits per heavy atom. The van der Waals surface area contributed by atoms with Crippen LogP contribution in [0.2, 0.25) is 0 Å². The van der Waals surface area contributed by atoms with Crippen LogP contribution in [0, 0.1) is 11.8 Å². The molecule has 1 heterocycles. The van der Waals surface area contributed by atoms with E-state index >= 15 is 0 Å². The van der Waals surface area contributed by atoms with Crippen LogP contribution < -0.4 is 5.73 Å². The molecule has 0 aromatic carbocycles. The van der Waals surface area contributed by atoms with Gasteiger partial charge in [-0.1, -0.05) is 0 Å². The summed E-state index contributed by atoms with van der Waals surface area (Å²) in [6.45, 7) is 1.55. The molecule has 0 aromatic heterocycles. The van der Waals surface area contributed by atoms with Crippen molar-refractivity contribution in [2.24, 2.45) is 17.6 Å². The van der Waals surface area contributed by atoms with Gasteiger partial charge in [0.2, 0.25) is 0 Å². The van der Waals surface area contributed by atoms with Gasteiger partial charge in [-0.15, -0.1) is 0 Å². The van der Waals surface area contributed by atoms with E-state index in [0.29, 0.717) is 18.9 Å². The van der Waals surface area contributed by atoms with E-state index in [1.807, 2.05) is 4.90 Å². The highest BCUT2D eigenvalue weighted by Crippen LogP contribution is 2.35. The van der Waals surface area contributed by atoms with Crippen LogP contribution in [0.1, 0.15) is 25.7 Å². The van der Waals surface area contributed by atoms with Gasteiger partial charge in [0.05, 0.1) is 5.92 Å². The van der Waals surface area contributed by atoms with E-state index in [1.165, 1.54) is 0 Å². The molecule has 2 atom stereocenters. The summed E-state index contributed by atoms with van der Waals surface area (Å²) in [6.07, 6.45) is -0.821. The van der Waals surface area contributed by atoms with Gasteiger partial charge in [0.15, 0.2) is 0 Å². The van der Waals surface area contributed by atoms with Gasteiger partial charge < -0.3 is 10.6 Å². The summed E-state index contributed by atoms with van der Waals surface area (Å²) < 4.78 is 37.7. The van der Waals surface area contributed by atoms with Crippen LogP contribution in [0.25, 0.3) is 0 Å². The Morgan fingerprint density at radius 1 is 1.25 bits per heavy atom. The molecule has 0 bridgehead atoms. The van der Waals surface area contributed by atoms with Crippen LogP contribution in [0.5, 0.6) is 0 Å². The van der Waals surface area contributed by atoms with Crippen LogP contribution in [0.3, 0.4) is 0 Å². The van der Waals surface area contributed by atoms with Crippen molar-refractivity contribution < 1.29 is 13.2 Å². The van der Waals surface area contributed by atoms with E-state index in [9.17, 15) is 13.2 Å². The van der Waals surface area contributed by atoms with Gasteiger partial charge in [0.25, 0.3) is 0 Å². The van der Waals surface area contributed by atoms with E-state index in [1.54, 1.807) is 0 Å². The molecule has 16 heavy (non-hydrogen) atoms. The van der Waals surface area contributed by atoms with Crippen LogP contribution >= 0.6 is 0 Å². The second-order valence-electron chi connectivity index (χ2n) is 5.14. The molecular formula is C11H19F3N2. The Hall–Kier alpha value is -0.290. The number of hydrogen-bond acceptors (Lipinski definition) is 2. The molecule has 2 unspecified atom stereocenters. The zero-order chi connectivity index (χ0) is 11.8. The van der Waals surface area contributed by atoms with Crippen molar-refractivity contribution in [3.8, 4) is 0 Å². The number of alkyl halides is 3. The first-order chi connectivity index (χ1) is 7.47. The Kier molecular flexibility index (Phi) is 3.45. The summed E-state index contributed by atoms with van der Waals surface area (Å²) in [6, 6.07) is 0.0759. The third-order valence-corrected chi connectivity index (χ3v) is 3.66. The molecule has 1 saturated heterocycles. The number of nitrogens with two attached hydrogens (primary N) is 1. The molecule has 2 aliphatic rings. The molecule has 1 aliphatic heterocycles. The average Bonchev–Trinajstić information content (AvgIpc) is 2.99. The largest absolute Gasteiger partial charge is 0.393 e. The monoisotopic (exact) mass is 236 g/mol. The Labute approximate surface area is 94.0 Å². The maximum absolute atomic E-state index is 12.6. The summed E-state index contributed by atoms with van der Waals surface area (Å²) in [4.78, 5) is 1.89. The van der Waals surface area contributed by atoms with Crippen LogP contribution in [-0.2, 0) is 0 Å². The van der Waals surface area contributed by atoms with Gasteiger partial charge in [-0.3, -0.25) is 0 Å². The SMILES string of the molecule is NC(CN1CCCC(C(F)(F)F)C1)C1CC1. The highest BCUT2D eigenvalue weighted by atomic mass is 19.4. The van der Waals surface area contributed by atoms with E-state index in [-0.39, 0.29) is 19.0 Å². The Morgan fingerprint density at radius 3 is 2.50 bits per heavy atom. The molecule has 1 aliphatic carbocycles. The number of rotatable bonds is 3. The maximum atomic E-state index is 12.6. The first-order valence-electron chi connectivity index (χ1n) is 6.01. The molecule has 2 N–H and O–H groups in total. The van der Waals surface area contributed by atoms with E-state index in [0.717, 1.165) is 19.4 Å². The Bertz CT molecular complexity index is 238. The van der Waals surface area contributed by atoms with Gasteiger partial charge in [-0.25, -0.2) is 0 Å². The number of piperidine rings is 1. The van der Waals surface area contributed by atoms with Crippen molar-refractivity contribution in [2.75, 3.05) is 19.6 Å². The first-order valence-corrected chi connectivity index (χ1v) is 6.01. The second-order valence-corrected chi connectivity index (χ2v) is 5.14. The average molecular weight is 236 g/mol. The number of nitrogens with zero attached hydrogens (tertiary/aromatic N) is 1. The fraction of sp³-hybridized carbons (Fsp3) is 1.00. The molecule has 1 saturated carbocycles. The fourth-order valence-electron chi connectivity index (χ4n) is 2.46. The summed E-state index contributed by atoms with van der Waals surface area (Å²) >= 11 is 0. The zero-order valence-corrected chi connectivity index (χ0v) is 9.34. The molecule has 5 heteroatoms. The fourth-order valence-corrected chi connectivity index (χ4v) is 2.46.